The molecule has 106 valence electrons. The van der Waals surface area contributed by atoms with E-state index in [1.54, 1.807) is 0 Å². The quantitative estimate of drug-likeness (QED) is 0.666. The molecule has 0 radical (unpaired) electrons. The molecule has 2 fully saturated rings. The molecule has 1 aromatic carbocycles. The van der Waals surface area contributed by atoms with Crippen LogP contribution in [0.15, 0.2) is 18.2 Å². The first-order valence-electron chi connectivity index (χ1n) is 6.95. The Morgan fingerprint density at radius 2 is 1.85 bits per heavy atom. The number of rotatable bonds is 2. The van der Waals surface area contributed by atoms with E-state index in [1.807, 2.05) is 0 Å². The Labute approximate surface area is 116 Å². The summed E-state index contributed by atoms with van der Waals surface area (Å²) in [4.78, 5) is 26.0. The number of nitrogens with zero attached hydrogens (tertiary/aromatic N) is 1. The van der Waals surface area contributed by atoms with Crippen molar-refractivity contribution in [3.8, 4) is 0 Å². The molecule has 1 aromatic rings. The van der Waals surface area contributed by atoms with Gasteiger partial charge in [-0.05, 0) is 30.9 Å². The molecule has 1 saturated carbocycles. The highest BCUT2D eigenvalue weighted by molar-refractivity contribution is 6.23. The number of nitrogen functional groups attached to an aromatic ring is 1. The molecule has 1 aliphatic carbocycles. The third kappa shape index (κ3) is 1.80. The molecule has 20 heavy (non-hydrogen) atoms. The molecule has 5 heteroatoms. The Hall–Kier alpha value is -1.91. The van der Waals surface area contributed by atoms with E-state index in [9.17, 15) is 14.0 Å². The predicted molar refractivity (Wildman–Crippen MR) is 73.3 cm³/mol. The molecule has 0 aromatic heterocycles. The van der Waals surface area contributed by atoms with Gasteiger partial charge in [-0.1, -0.05) is 13.3 Å². The van der Waals surface area contributed by atoms with Crippen molar-refractivity contribution >= 4 is 23.2 Å². The standard InChI is InChI=1S/C15H17FN2O2/c1-2-8-5-10-11(6-8)15(20)18(14(10)19)13-7-9(16)3-4-12(13)17/h3-4,7-8,10-11H,2,5-6,17H2,1H3. The molecule has 2 aliphatic rings. The van der Waals surface area contributed by atoms with Gasteiger partial charge in [0.1, 0.15) is 5.82 Å². The summed E-state index contributed by atoms with van der Waals surface area (Å²) in [5.74, 6) is -1.03. The summed E-state index contributed by atoms with van der Waals surface area (Å²) >= 11 is 0. The number of benzene rings is 1. The third-order valence-electron chi connectivity index (χ3n) is 4.55. The van der Waals surface area contributed by atoms with Gasteiger partial charge in [-0.3, -0.25) is 9.59 Å². The first kappa shape index (κ1) is 13.1. The fraction of sp³-hybridized carbons (Fsp3) is 0.467. The van der Waals surface area contributed by atoms with E-state index in [0.717, 1.165) is 30.2 Å². The number of carbonyl (C=O) groups is 2. The van der Waals surface area contributed by atoms with Crippen LogP contribution in [0.4, 0.5) is 15.8 Å². The molecular formula is C15H17FN2O2. The van der Waals surface area contributed by atoms with Gasteiger partial charge in [-0.25, -0.2) is 9.29 Å². The summed E-state index contributed by atoms with van der Waals surface area (Å²) in [6, 6.07) is 3.76. The number of hydrogen-bond donors (Lipinski definition) is 1. The van der Waals surface area contributed by atoms with Crippen molar-refractivity contribution in [3.05, 3.63) is 24.0 Å². The van der Waals surface area contributed by atoms with Gasteiger partial charge in [-0.2, -0.15) is 0 Å². The Balaban J connectivity index is 1.96. The van der Waals surface area contributed by atoms with Crippen LogP contribution >= 0.6 is 0 Å². The number of nitrogens with two attached hydrogens (primary N) is 1. The fourth-order valence-corrected chi connectivity index (χ4v) is 3.41. The molecule has 1 heterocycles. The second-order valence-electron chi connectivity index (χ2n) is 5.67. The normalized spacial score (nSPS) is 29.1. The molecule has 2 unspecified atom stereocenters. The van der Waals surface area contributed by atoms with Gasteiger partial charge in [-0.15, -0.1) is 0 Å². The first-order valence-corrected chi connectivity index (χ1v) is 6.95. The van der Waals surface area contributed by atoms with Crippen LogP contribution in [0.1, 0.15) is 26.2 Å². The van der Waals surface area contributed by atoms with Crippen molar-refractivity contribution in [2.45, 2.75) is 26.2 Å². The third-order valence-corrected chi connectivity index (χ3v) is 4.55. The molecular weight excluding hydrogens is 259 g/mol. The van der Waals surface area contributed by atoms with Crippen LogP contribution in [0.3, 0.4) is 0 Å². The summed E-state index contributed by atoms with van der Waals surface area (Å²) in [6.07, 6.45) is 2.48. The highest BCUT2D eigenvalue weighted by Crippen LogP contribution is 2.46. The molecule has 1 saturated heterocycles. The van der Waals surface area contributed by atoms with E-state index in [4.69, 9.17) is 5.73 Å². The lowest BCUT2D eigenvalue weighted by atomic mass is 10.00. The van der Waals surface area contributed by atoms with Crippen LogP contribution in [0.25, 0.3) is 0 Å². The zero-order valence-electron chi connectivity index (χ0n) is 11.3. The molecule has 4 nitrogen and oxygen atoms in total. The van der Waals surface area contributed by atoms with Crippen molar-refractivity contribution in [1.82, 2.24) is 0 Å². The Kier molecular flexibility index (Phi) is 3.00. The van der Waals surface area contributed by atoms with Crippen molar-refractivity contribution in [1.29, 1.82) is 0 Å². The monoisotopic (exact) mass is 276 g/mol. The van der Waals surface area contributed by atoms with E-state index in [0.29, 0.717) is 5.92 Å². The lowest BCUT2D eigenvalue weighted by Crippen LogP contribution is -2.32. The molecule has 1 aliphatic heterocycles. The molecule has 3 rings (SSSR count). The molecule has 2 atom stereocenters. The number of fused-ring (bicyclic) bond motifs is 1. The summed E-state index contributed by atoms with van der Waals surface area (Å²) in [5.41, 5.74) is 6.22. The summed E-state index contributed by atoms with van der Waals surface area (Å²) < 4.78 is 13.4. The Morgan fingerprint density at radius 1 is 1.25 bits per heavy atom. The van der Waals surface area contributed by atoms with Crippen LogP contribution in [0.2, 0.25) is 0 Å². The van der Waals surface area contributed by atoms with Crippen molar-refractivity contribution < 1.29 is 14.0 Å². The van der Waals surface area contributed by atoms with Crippen molar-refractivity contribution in [2.24, 2.45) is 17.8 Å². The number of imide groups is 1. The van der Waals surface area contributed by atoms with Gasteiger partial charge in [0.25, 0.3) is 0 Å². The van der Waals surface area contributed by atoms with Gasteiger partial charge < -0.3 is 5.73 Å². The molecule has 2 amide bonds. The van der Waals surface area contributed by atoms with Crippen molar-refractivity contribution in [2.75, 3.05) is 10.6 Å². The average molecular weight is 276 g/mol. The number of anilines is 2. The van der Waals surface area contributed by atoms with Crippen LogP contribution < -0.4 is 10.6 Å². The topological polar surface area (TPSA) is 63.4 Å². The second kappa shape index (κ2) is 4.58. The van der Waals surface area contributed by atoms with Crippen LogP contribution in [0, 0.1) is 23.6 Å². The van der Waals surface area contributed by atoms with E-state index >= 15 is 0 Å². The minimum atomic E-state index is -0.502. The zero-order valence-corrected chi connectivity index (χ0v) is 11.3. The van der Waals surface area contributed by atoms with Gasteiger partial charge in [0.05, 0.1) is 23.2 Å². The van der Waals surface area contributed by atoms with Crippen LogP contribution in [-0.4, -0.2) is 11.8 Å². The van der Waals surface area contributed by atoms with Gasteiger partial charge in [0, 0.05) is 6.07 Å². The predicted octanol–water partition coefficient (Wildman–Crippen LogP) is 2.33. The lowest BCUT2D eigenvalue weighted by Gasteiger charge is -2.19. The average Bonchev–Trinajstić information content (AvgIpc) is 2.94. The maximum absolute atomic E-state index is 13.4. The summed E-state index contributed by atoms with van der Waals surface area (Å²) in [7, 11) is 0. The Morgan fingerprint density at radius 3 is 2.40 bits per heavy atom. The highest BCUT2D eigenvalue weighted by Gasteiger charge is 2.53. The minimum absolute atomic E-state index is 0.183. The lowest BCUT2D eigenvalue weighted by molar-refractivity contribution is -0.123. The first-order chi connectivity index (χ1) is 9.52. The summed E-state index contributed by atoms with van der Waals surface area (Å²) in [6.45, 7) is 2.07. The Bertz CT molecular complexity index is 563. The minimum Gasteiger partial charge on any atom is -0.397 e. The number of amides is 2. The maximum atomic E-state index is 13.4. The van der Waals surface area contributed by atoms with E-state index < -0.39 is 5.82 Å². The smallest absolute Gasteiger partial charge is 0.237 e. The van der Waals surface area contributed by atoms with Gasteiger partial charge >= 0.3 is 0 Å². The molecule has 2 N–H and O–H groups in total. The number of halogens is 1. The van der Waals surface area contributed by atoms with E-state index in [-0.39, 0.29) is 35.0 Å². The maximum Gasteiger partial charge on any atom is 0.237 e. The fourth-order valence-electron chi connectivity index (χ4n) is 3.41. The number of carbonyl (C=O) groups excluding carboxylic acids is 2. The van der Waals surface area contributed by atoms with Gasteiger partial charge in [0.15, 0.2) is 0 Å². The summed E-state index contributed by atoms with van der Waals surface area (Å²) in [5, 5.41) is 0. The van der Waals surface area contributed by atoms with Crippen LogP contribution in [0.5, 0.6) is 0 Å². The molecule has 0 spiro atoms. The molecule has 0 bridgehead atoms. The van der Waals surface area contributed by atoms with Crippen LogP contribution in [-0.2, 0) is 9.59 Å². The SMILES string of the molecule is CCC1CC2C(=O)N(c3cc(F)ccc3N)C(=O)C2C1. The van der Waals surface area contributed by atoms with E-state index in [1.165, 1.54) is 12.1 Å². The number of hydrogen-bond acceptors (Lipinski definition) is 3. The van der Waals surface area contributed by atoms with E-state index in [2.05, 4.69) is 6.92 Å². The van der Waals surface area contributed by atoms with Gasteiger partial charge in [0.2, 0.25) is 11.8 Å². The highest BCUT2D eigenvalue weighted by atomic mass is 19.1. The van der Waals surface area contributed by atoms with Crippen molar-refractivity contribution in [3.63, 3.8) is 0 Å². The zero-order chi connectivity index (χ0) is 14.4. The second-order valence-corrected chi connectivity index (χ2v) is 5.67. The largest absolute Gasteiger partial charge is 0.397 e.